The zero-order chi connectivity index (χ0) is 31.4. The molecule has 9 nitrogen and oxygen atoms in total. The highest BCUT2D eigenvalue weighted by Crippen LogP contribution is 2.38. The van der Waals surface area contributed by atoms with E-state index in [1.54, 1.807) is 49.9 Å². The van der Waals surface area contributed by atoms with Gasteiger partial charge in [-0.3, -0.25) is 14.5 Å². The summed E-state index contributed by atoms with van der Waals surface area (Å²) in [6.45, 7) is 5.90. The summed E-state index contributed by atoms with van der Waals surface area (Å²) in [6, 6.07) is 22.2. The Morgan fingerprint density at radius 2 is 1.59 bits per heavy atom. The molecule has 5 rings (SSSR count). The van der Waals surface area contributed by atoms with Gasteiger partial charge in [0.25, 0.3) is 0 Å². The van der Waals surface area contributed by atoms with E-state index < -0.39 is 29.9 Å². The lowest BCUT2D eigenvalue weighted by atomic mass is 9.88. The Balaban J connectivity index is 1.42. The Labute approximate surface area is 258 Å². The summed E-state index contributed by atoms with van der Waals surface area (Å²) < 4.78 is 5.71. The molecular weight excluding hydrogens is 558 g/mol. The number of nitrogens with one attached hydrogen (secondary N) is 1. The van der Waals surface area contributed by atoms with E-state index in [1.807, 2.05) is 54.6 Å². The number of carbonyl (C=O) groups excluding carboxylic acids is 3. The van der Waals surface area contributed by atoms with E-state index in [1.165, 1.54) is 4.90 Å². The zero-order valence-electron chi connectivity index (χ0n) is 25.5. The number of ether oxygens (including phenoxy) is 1. The van der Waals surface area contributed by atoms with Crippen molar-refractivity contribution in [1.29, 1.82) is 0 Å². The predicted molar refractivity (Wildman–Crippen MR) is 166 cm³/mol. The molecule has 3 amide bonds. The van der Waals surface area contributed by atoms with Gasteiger partial charge in [-0.05, 0) is 61.6 Å². The summed E-state index contributed by atoms with van der Waals surface area (Å²) in [7, 11) is 0. The number of hydrogen-bond donors (Lipinski definition) is 3. The van der Waals surface area contributed by atoms with E-state index in [0.29, 0.717) is 25.8 Å². The number of aromatic hydroxyl groups is 1. The fourth-order valence-electron chi connectivity index (χ4n) is 6.15. The molecule has 2 aliphatic heterocycles. The van der Waals surface area contributed by atoms with Gasteiger partial charge in [-0.1, -0.05) is 66.7 Å². The number of fused-ring (bicyclic) bond motifs is 1. The van der Waals surface area contributed by atoms with Gasteiger partial charge >= 0.3 is 6.09 Å². The molecule has 3 N–H and O–H groups in total. The van der Waals surface area contributed by atoms with Crippen LogP contribution >= 0.6 is 0 Å². The van der Waals surface area contributed by atoms with Gasteiger partial charge in [-0.2, -0.15) is 0 Å². The van der Waals surface area contributed by atoms with Crippen molar-refractivity contribution in [2.75, 3.05) is 13.1 Å². The van der Waals surface area contributed by atoms with E-state index in [2.05, 4.69) is 5.32 Å². The number of aliphatic hydroxyl groups is 1. The first kappa shape index (κ1) is 31.1. The molecule has 3 unspecified atom stereocenters. The second kappa shape index (κ2) is 13.1. The van der Waals surface area contributed by atoms with E-state index in [0.717, 1.165) is 22.3 Å². The maximum atomic E-state index is 14.6. The fourth-order valence-corrected chi connectivity index (χ4v) is 6.15. The van der Waals surface area contributed by atoms with Crippen molar-refractivity contribution in [3.05, 3.63) is 101 Å². The van der Waals surface area contributed by atoms with Gasteiger partial charge in [0, 0.05) is 38.4 Å². The average molecular weight is 600 g/mol. The number of likely N-dealkylation sites (tertiary alicyclic amines) is 1. The van der Waals surface area contributed by atoms with Crippen molar-refractivity contribution in [3.63, 3.8) is 0 Å². The molecule has 1 saturated heterocycles. The van der Waals surface area contributed by atoms with Crippen LogP contribution in [0.3, 0.4) is 0 Å². The average Bonchev–Trinajstić information content (AvgIpc) is 3.44. The summed E-state index contributed by atoms with van der Waals surface area (Å²) in [6.07, 6.45) is -0.158. The molecule has 3 aromatic carbocycles. The van der Waals surface area contributed by atoms with Gasteiger partial charge in [0.15, 0.2) is 0 Å². The largest absolute Gasteiger partial charge is 0.508 e. The molecule has 2 aliphatic rings. The van der Waals surface area contributed by atoms with E-state index in [-0.39, 0.29) is 36.6 Å². The van der Waals surface area contributed by atoms with Gasteiger partial charge in [-0.15, -0.1) is 0 Å². The number of rotatable bonds is 7. The van der Waals surface area contributed by atoms with Crippen molar-refractivity contribution < 1.29 is 29.3 Å². The Morgan fingerprint density at radius 3 is 2.27 bits per heavy atom. The molecule has 0 bridgehead atoms. The van der Waals surface area contributed by atoms with Crippen LogP contribution in [-0.2, 0) is 33.7 Å². The number of hydrogen-bond acceptors (Lipinski definition) is 6. The molecular formula is C35H41N3O6. The number of phenolic OH excluding ortho intramolecular Hbond substituents is 1. The normalized spacial score (nSPS) is 20.5. The third-order valence-electron chi connectivity index (χ3n) is 8.26. The number of nitrogens with zero attached hydrogens (tertiary/aromatic N) is 2. The fraction of sp³-hybridized carbons (Fsp3) is 0.400. The van der Waals surface area contributed by atoms with Crippen LogP contribution in [0.2, 0.25) is 0 Å². The van der Waals surface area contributed by atoms with Crippen molar-refractivity contribution >= 4 is 17.9 Å². The lowest BCUT2D eigenvalue weighted by molar-refractivity contribution is -0.145. The quantitative estimate of drug-likeness (QED) is 0.375. The summed E-state index contributed by atoms with van der Waals surface area (Å²) in [5.74, 6) is -0.949. The Morgan fingerprint density at radius 1 is 0.932 bits per heavy atom. The molecule has 4 atom stereocenters. The molecule has 44 heavy (non-hydrogen) atoms. The summed E-state index contributed by atoms with van der Waals surface area (Å²) >= 11 is 0. The summed E-state index contributed by atoms with van der Waals surface area (Å²) in [5.41, 5.74) is 2.94. The Hall–Kier alpha value is -4.37. The smallest absolute Gasteiger partial charge is 0.410 e. The highest BCUT2D eigenvalue weighted by Gasteiger charge is 2.48. The minimum Gasteiger partial charge on any atom is -0.508 e. The van der Waals surface area contributed by atoms with Gasteiger partial charge < -0.3 is 25.2 Å². The number of benzene rings is 3. The second-order valence-corrected chi connectivity index (χ2v) is 12.6. The van der Waals surface area contributed by atoms with Crippen molar-refractivity contribution in [2.24, 2.45) is 0 Å². The minimum atomic E-state index is -0.904. The number of aliphatic hydroxyl groups excluding tert-OH is 1. The second-order valence-electron chi connectivity index (χ2n) is 12.6. The van der Waals surface area contributed by atoms with Crippen LogP contribution in [0.25, 0.3) is 0 Å². The lowest BCUT2D eigenvalue weighted by Gasteiger charge is -2.40. The Bertz CT molecular complexity index is 1470. The topological polar surface area (TPSA) is 119 Å². The molecule has 1 fully saturated rings. The molecule has 0 radical (unpaired) electrons. The van der Waals surface area contributed by atoms with Crippen molar-refractivity contribution in [2.45, 2.75) is 76.3 Å². The highest BCUT2D eigenvalue weighted by molar-refractivity contribution is 5.93. The number of phenols is 1. The molecule has 9 heteroatoms. The maximum absolute atomic E-state index is 14.6. The van der Waals surface area contributed by atoms with Gasteiger partial charge in [0.1, 0.15) is 23.4 Å². The van der Waals surface area contributed by atoms with Gasteiger partial charge in [0.05, 0.1) is 6.10 Å². The van der Waals surface area contributed by atoms with Crippen molar-refractivity contribution in [1.82, 2.24) is 15.1 Å². The van der Waals surface area contributed by atoms with Crippen LogP contribution in [0.4, 0.5) is 4.79 Å². The highest BCUT2D eigenvalue weighted by atomic mass is 16.6. The monoisotopic (exact) mass is 599 g/mol. The summed E-state index contributed by atoms with van der Waals surface area (Å²) in [4.78, 5) is 44.8. The van der Waals surface area contributed by atoms with Crippen LogP contribution in [0, 0.1) is 0 Å². The third-order valence-corrected chi connectivity index (χ3v) is 8.26. The number of amides is 3. The molecule has 3 aromatic rings. The van der Waals surface area contributed by atoms with Gasteiger partial charge in [-0.25, -0.2) is 4.79 Å². The van der Waals surface area contributed by atoms with Gasteiger partial charge in [0.2, 0.25) is 11.8 Å². The predicted octanol–water partition coefficient (Wildman–Crippen LogP) is 4.16. The van der Waals surface area contributed by atoms with Crippen LogP contribution < -0.4 is 5.32 Å². The van der Waals surface area contributed by atoms with E-state index >= 15 is 0 Å². The molecule has 0 aliphatic carbocycles. The Kier molecular flexibility index (Phi) is 9.25. The SMILES string of the molecule is CC(C)(C)OC(=O)N1CCC(c2ccc(O)cc2)C1C(=O)N1Cc2ccccc2C[C@H]1C(=O)NCC(O)Cc1ccccc1. The minimum absolute atomic E-state index is 0.0392. The van der Waals surface area contributed by atoms with E-state index in [9.17, 15) is 24.6 Å². The lowest BCUT2D eigenvalue weighted by Crippen LogP contribution is -2.58. The molecule has 0 saturated carbocycles. The zero-order valence-corrected chi connectivity index (χ0v) is 25.5. The van der Waals surface area contributed by atoms with Crippen LogP contribution in [0.5, 0.6) is 5.75 Å². The molecule has 0 aromatic heterocycles. The van der Waals surface area contributed by atoms with Crippen LogP contribution in [-0.4, -0.2) is 74.8 Å². The summed E-state index contributed by atoms with van der Waals surface area (Å²) in [5, 5.41) is 23.4. The van der Waals surface area contributed by atoms with Crippen molar-refractivity contribution in [3.8, 4) is 5.75 Å². The first-order valence-corrected chi connectivity index (χ1v) is 15.2. The van der Waals surface area contributed by atoms with Crippen LogP contribution in [0.15, 0.2) is 78.9 Å². The standard InChI is InChI=1S/C35H41N3O6/c1-35(2,3)44-34(43)37-18-17-29(24-13-15-27(39)16-14-24)31(37)33(42)38-22-26-12-8-7-11-25(26)20-30(38)32(41)36-21-28(40)19-23-9-5-4-6-10-23/h4-16,28-31,39-40H,17-22H2,1-3H3,(H,36,41)/t28?,29?,30-,31?/m0/s1. The van der Waals surface area contributed by atoms with Crippen LogP contribution in [0.1, 0.15) is 55.4 Å². The third kappa shape index (κ3) is 7.22. The first-order chi connectivity index (χ1) is 21.0. The first-order valence-electron chi connectivity index (χ1n) is 15.2. The molecule has 2 heterocycles. The van der Waals surface area contributed by atoms with E-state index in [4.69, 9.17) is 4.74 Å². The molecule has 232 valence electrons. The number of carbonyl (C=O) groups is 3. The molecule has 0 spiro atoms. The maximum Gasteiger partial charge on any atom is 0.410 e.